The van der Waals surface area contributed by atoms with Crippen LogP contribution >= 0.6 is 15.9 Å². The summed E-state index contributed by atoms with van der Waals surface area (Å²) < 4.78 is 5.80. The molecule has 0 spiro atoms. The standard InChI is InChI=1S/C17H19BrN2O3/c1-3-11-20(17(22)14-9-10-15(18)23-14)12(2)16(21)19-13-7-5-4-6-8-13/h4-10,12H,3,11H2,1-2H3,(H,19,21). The van der Waals surface area contributed by atoms with Crippen molar-refractivity contribution in [1.29, 1.82) is 0 Å². The molecule has 0 aliphatic heterocycles. The number of nitrogens with one attached hydrogen (secondary N) is 1. The smallest absolute Gasteiger partial charge is 0.290 e. The number of rotatable bonds is 6. The van der Waals surface area contributed by atoms with Gasteiger partial charge in [-0.05, 0) is 53.5 Å². The quantitative estimate of drug-likeness (QED) is 0.828. The number of amides is 2. The Bertz CT molecular complexity index is 669. The number of benzene rings is 1. The van der Waals surface area contributed by atoms with Crippen LogP contribution in [0.25, 0.3) is 0 Å². The van der Waals surface area contributed by atoms with Gasteiger partial charge in [0.1, 0.15) is 6.04 Å². The number of hydrogen-bond acceptors (Lipinski definition) is 3. The zero-order valence-electron chi connectivity index (χ0n) is 13.1. The summed E-state index contributed by atoms with van der Waals surface area (Å²) in [6, 6.07) is 11.8. The van der Waals surface area contributed by atoms with Gasteiger partial charge in [-0.3, -0.25) is 9.59 Å². The van der Waals surface area contributed by atoms with Crippen LogP contribution in [0.1, 0.15) is 30.8 Å². The average Bonchev–Trinajstić information content (AvgIpc) is 2.99. The lowest BCUT2D eigenvalue weighted by Crippen LogP contribution is -2.45. The molecule has 0 fully saturated rings. The molecule has 1 N–H and O–H groups in total. The van der Waals surface area contributed by atoms with Gasteiger partial charge in [0.15, 0.2) is 10.4 Å². The van der Waals surface area contributed by atoms with Crippen molar-refractivity contribution >= 4 is 33.4 Å². The van der Waals surface area contributed by atoms with Crippen LogP contribution in [0.2, 0.25) is 0 Å². The number of para-hydroxylation sites is 1. The summed E-state index contributed by atoms with van der Waals surface area (Å²) >= 11 is 3.18. The molecule has 0 bridgehead atoms. The molecule has 1 unspecified atom stereocenters. The second kappa shape index (κ2) is 7.97. The van der Waals surface area contributed by atoms with E-state index in [1.54, 1.807) is 31.2 Å². The number of halogens is 1. The van der Waals surface area contributed by atoms with Crippen LogP contribution in [-0.2, 0) is 4.79 Å². The zero-order valence-corrected chi connectivity index (χ0v) is 14.7. The van der Waals surface area contributed by atoms with Crippen molar-refractivity contribution < 1.29 is 14.0 Å². The number of furan rings is 1. The van der Waals surface area contributed by atoms with Crippen LogP contribution in [0, 0.1) is 0 Å². The molecule has 2 aromatic rings. The second-order valence-electron chi connectivity index (χ2n) is 5.13. The van der Waals surface area contributed by atoms with E-state index in [-0.39, 0.29) is 17.6 Å². The third-order valence-corrected chi connectivity index (χ3v) is 3.82. The molecule has 0 saturated heterocycles. The highest BCUT2D eigenvalue weighted by atomic mass is 79.9. The van der Waals surface area contributed by atoms with Crippen LogP contribution in [0.4, 0.5) is 5.69 Å². The Hall–Kier alpha value is -2.08. The molecule has 1 atom stereocenters. The summed E-state index contributed by atoms with van der Waals surface area (Å²) in [5, 5.41) is 2.82. The lowest BCUT2D eigenvalue weighted by Gasteiger charge is -2.27. The molecular formula is C17H19BrN2O3. The summed E-state index contributed by atoms with van der Waals surface area (Å²) in [5.74, 6) is -0.318. The van der Waals surface area contributed by atoms with Crippen molar-refractivity contribution in [3.8, 4) is 0 Å². The van der Waals surface area contributed by atoms with E-state index in [0.717, 1.165) is 6.42 Å². The summed E-state index contributed by atoms with van der Waals surface area (Å²) in [5.41, 5.74) is 0.703. The molecule has 2 rings (SSSR count). The molecule has 1 aromatic carbocycles. The molecule has 1 aromatic heterocycles. The third kappa shape index (κ3) is 4.45. The van der Waals surface area contributed by atoms with E-state index >= 15 is 0 Å². The van der Waals surface area contributed by atoms with Gasteiger partial charge in [0, 0.05) is 12.2 Å². The van der Waals surface area contributed by atoms with Crippen molar-refractivity contribution in [1.82, 2.24) is 4.90 Å². The topological polar surface area (TPSA) is 62.6 Å². The summed E-state index contributed by atoms with van der Waals surface area (Å²) in [7, 11) is 0. The zero-order chi connectivity index (χ0) is 16.8. The minimum absolute atomic E-state index is 0.213. The summed E-state index contributed by atoms with van der Waals surface area (Å²) in [6.45, 7) is 4.14. The first-order valence-electron chi connectivity index (χ1n) is 7.45. The molecule has 1 heterocycles. The van der Waals surface area contributed by atoms with Gasteiger partial charge >= 0.3 is 0 Å². The number of nitrogens with zero attached hydrogens (tertiary/aromatic N) is 1. The van der Waals surface area contributed by atoms with Crippen molar-refractivity contribution in [3.05, 3.63) is 52.9 Å². The van der Waals surface area contributed by atoms with Crippen LogP contribution in [0.5, 0.6) is 0 Å². The van der Waals surface area contributed by atoms with Gasteiger partial charge in [-0.1, -0.05) is 25.1 Å². The fourth-order valence-corrected chi connectivity index (χ4v) is 2.50. The first-order chi connectivity index (χ1) is 11.0. The van der Waals surface area contributed by atoms with Crippen LogP contribution in [0.3, 0.4) is 0 Å². The van der Waals surface area contributed by atoms with E-state index in [4.69, 9.17) is 4.42 Å². The van der Waals surface area contributed by atoms with Gasteiger partial charge in [-0.25, -0.2) is 0 Å². The molecule has 0 radical (unpaired) electrons. The maximum Gasteiger partial charge on any atom is 0.290 e. The Kier molecular flexibility index (Phi) is 5.98. The van der Waals surface area contributed by atoms with Crippen molar-refractivity contribution in [2.75, 3.05) is 11.9 Å². The normalized spacial score (nSPS) is 11.8. The van der Waals surface area contributed by atoms with E-state index in [2.05, 4.69) is 21.2 Å². The lowest BCUT2D eigenvalue weighted by molar-refractivity contribution is -0.120. The van der Waals surface area contributed by atoms with E-state index in [1.807, 2.05) is 25.1 Å². The molecule has 0 saturated carbocycles. The number of hydrogen-bond donors (Lipinski definition) is 1. The molecule has 23 heavy (non-hydrogen) atoms. The Morgan fingerprint density at radius 2 is 1.91 bits per heavy atom. The Morgan fingerprint density at radius 3 is 2.48 bits per heavy atom. The Balaban J connectivity index is 2.12. The van der Waals surface area contributed by atoms with Crippen molar-refractivity contribution in [2.45, 2.75) is 26.3 Å². The summed E-state index contributed by atoms with van der Waals surface area (Å²) in [4.78, 5) is 26.5. The highest BCUT2D eigenvalue weighted by Gasteiger charge is 2.28. The molecule has 2 amide bonds. The molecule has 122 valence electrons. The number of anilines is 1. The maximum absolute atomic E-state index is 12.6. The lowest BCUT2D eigenvalue weighted by atomic mass is 10.2. The third-order valence-electron chi connectivity index (χ3n) is 3.40. The molecule has 5 nitrogen and oxygen atoms in total. The van der Waals surface area contributed by atoms with Gasteiger partial charge in [-0.15, -0.1) is 0 Å². The van der Waals surface area contributed by atoms with E-state index < -0.39 is 6.04 Å². The van der Waals surface area contributed by atoms with Gasteiger partial charge in [-0.2, -0.15) is 0 Å². The maximum atomic E-state index is 12.6. The van der Waals surface area contributed by atoms with Crippen molar-refractivity contribution in [2.24, 2.45) is 0 Å². The summed E-state index contributed by atoms with van der Waals surface area (Å²) in [6.07, 6.45) is 0.747. The predicted molar refractivity (Wildman–Crippen MR) is 92.3 cm³/mol. The highest BCUT2D eigenvalue weighted by molar-refractivity contribution is 9.10. The fraction of sp³-hybridized carbons (Fsp3) is 0.294. The highest BCUT2D eigenvalue weighted by Crippen LogP contribution is 2.18. The monoisotopic (exact) mass is 378 g/mol. The minimum atomic E-state index is -0.605. The van der Waals surface area contributed by atoms with E-state index in [1.165, 1.54) is 4.90 Å². The molecule has 0 aliphatic carbocycles. The van der Waals surface area contributed by atoms with Gasteiger partial charge in [0.25, 0.3) is 5.91 Å². The minimum Gasteiger partial charge on any atom is -0.444 e. The second-order valence-corrected chi connectivity index (χ2v) is 5.92. The largest absolute Gasteiger partial charge is 0.444 e. The molecule has 6 heteroatoms. The fourth-order valence-electron chi connectivity index (χ4n) is 2.19. The SMILES string of the molecule is CCCN(C(=O)c1ccc(Br)o1)C(C)C(=O)Nc1ccccc1. The van der Waals surface area contributed by atoms with Gasteiger partial charge in [0.2, 0.25) is 5.91 Å². The van der Waals surface area contributed by atoms with Crippen LogP contribution in [0.15, 0.2) is 51.6 Å². The van der Waals surface area contributed by atoms with Crippen molar-refractivity contribution in [3.63, 3.8) is 0 Å². The number of carbonyl (C=O) groups is 2. The molecule has 0 aliphatic rings. The Morgan fingerprint density at radius 1 is 1.22 bits per heavy atom. The average molecular weight is 379 g/mol. The van der Waals surface area contributed by atoms with Gasteiger partial charge in [0.05, 0.1) is 0 Å². The van der Waals surface area contributed by atoms with Crippen LogP contribution < -0.4 is 5.32 Å². The first kappa shape index (κ1) is 17.3. The van der Waals surface area contributed by atoms with E-state index in [0.29, 0.717) is 16.9 Å². The Labute approximate surface area is 143 Å². The predicted octanol–water partition coefficient (Wildman–Crippen LogP) is 3.92. The van der Waals surface area contributed by atoms with Gasteiger partial charge < -0.3 is 14.6 Å². The van der Waals surface area contributed by atoms with E-state index in [9.17, 15) is 9.59 Å². The molecular weight excluding hydrogens is 360 g/mol. The number of carbonyl (C=O) groups excluding carboxylic acids is 2. The first-order valence-corrected chi connectivity index (χ1v) is 8.24. The van der Waals surface area contributed by atoms with Crippen LogP contribution in [-0.4, -0.2) is 29.3 Å².